The zero-order valence-electron chi connectivity index (χ0n) is 11.6. The van der Waals surface area contributed by atoms with Gasteiger partial charge in [0.25, 0.3) is 0 Å². The Balaban J connectivity index is 2.62. The zero-order valence-corrected chi connectivity index (χ0v) is 12.4. The maximum Gasteiger partial charge on any atom is 0.433 e. The molecule has 1 atom stereocenters. The number of alkyl halides is 3. The molecular weight excluding hydrogens is 291 g/mol. The second-order valence-corrected chi connectivity index (χ2v) is 5.56. The highest BCUT2D eigenvalue weighted by atomic mass is 32.2. The van der Waals surface area contributed by atoms with E-state index in [1.54, 1.807) is 6.92 Å². The van der Waals surface area contributed by atoms with E-state index in [9.17, 15) is 18.0 Å². The third kappa shape index (κ3) is 5.07. The van der Waals surface area contributed by atoms with Crippen LogP contribution in [0.1, 0.15) is 18.3 Å². The predicted molar refractivity (Wildman–Crippen MR) is 72.5 cm³/mol. The van der Waals surface area contributed by atoms with Crippen molar-refractivity contribution >= 4 is 17.7 Å². The number of nitrogens with zero attached hydrogens (tertiary/aromatic N) is 2. The molecule has 4 nitrogen and oxygen atoms in total. The molecule has 1 rings (SSSR count). The summed E-state index contributed by atoms with van der Waals surface area (Å²) in [6, 6.07) is 1.03. The molecule has 1 aromatic rings. The fourth-order valence-corrected chi connectivity index (χ4v) is 2.11. The van der Waals surface area contributed by atoms with E-state index < -0.39 is 11.9 Å². The summed E-state index contributed by atoms with van der Waals surface area (Å²) >= 11 is 1.40. The molecule has 0 bridgehead atoms. The monoisotopic (exact) mass is 309 g/mol. The van der Waals surface area contributed by atoms with Crippen molar-refractivity contribution < 1.29 is 18.0 Å². The van der Waals surface area contributed by atoms with Crippen LogP contribution in [0.2, 0.25) is 0 Å². The highest BCUT2D eigenvalue weighted by Crippen LogP contribution is 2.30. The van der Waals surface area contributed by atoms with Gasteiger partial charge in [-0.15, -0.1) is 0 Å². The van der Waals surface area contributed by atoms with Gasteiger partial charge in [-0.05, 0) is 25.2 Å². The number of aryl methyl sites for hydroxylation is 1. The first-order valence-corrected chi connectivity index (χ1v) is 7.50. The minimum atomic E-state index is -4.41. The zero-order chi connectivity index (χ0) is 15.3. The number of amides is 1. The Morgan fingerprint density at radius 2 is 2.20 bits per heavy atom. The molecule has 0 aromatic carbocycles. The fraction of sp³-hybridized carbons (Fsp3) is 0.667. The normalized spacial score (nSPS) is 13.3. The predicted octanol–water partition coefficient (Wildman–Crippen LogP) is 2.33. The van der Waals surface area contributed by atoms with Crippen LogP contribution in [0.5, 0.6) is 0 Å². The van der Waals surface area contributed by atoms with Crippen LogP contribution in [0, 0.1) is 12.8 Å². The largest absolute Gasteiger partial charge is 0.433 e. The first-order chi connectivity index (χ1) is 9.24. The number of hydrogen-bond donors (Lipinski definition) is 1. The average molecular weight is 309 g/mol. The average Bonchev–Trinajstić information content (AvgIpc) is 2.68. The van der Waals surface area contributed by atoms with Gasteiger partial charge < -0.3 is 5.32 Å². The minimum absolute atomic E-state index is 0.113. The summed E-state index contributed by atoms with van der Waals surface area (Å²) in [6.07, 6.45) is -2.60. The summed E-state index contributed by atoms with van der Waals surface area (Å²) in [5.41, 5.74) is -0.423. The lowest BCUT2D eigenvalue weighted by Gasteiger charge is -2.15. The molecule has 0 aliphatic heterocycles. The Morgan fingerprint density at radius 1 is 1.55 bits per heavy atom. The summed E-state index contributed by atoms with van der Waals surface area (Å²) < 4.78 is 39.3. The van der Waals surface area contributed by atoms with E-state index in [1.807, 2.05) is 6.26 Å². The number of aromatic nitrogens is 2. The van der Waals surface area contributed by atoms with Gasteiger partial charge in [0.1, 0.15) is 5.69 Å². The standard InChI is InChI=1S/C12H18F3N3OS/c1-8(5-16-11(19)7-20-3)6-18-10(12(13,14)15)4-9(2)17-18/h4,8H,5-7H2,1-3H3,(H,16,19)/t8-/m0/s1. The Kier molecular flexibility index (Phi) is 5.91. The highest BCUT2D eigenvalue weighted by Gasteiger charge is 2.35. The molecule has 8 heteroatoms. The molecule has 0 radical (unpaired) electrons. The van der Waals surface area contributed by atoms with Crippen molar-refractivity contribution in [3.8, 4) is 0 Å². The second kappa shape index (κ2) is 7.01. The van der Waals surface area contributed by atoms with Crippen LogP contribution in [-0.2, 0) is 17.5 Å². The van der Waals surface area contributed by atoms with E-state index in [0.29, 0.717) is 18.0 Å². The van der Waals surface area contributed by atoms with Crippen molar-refractivity contribution in [3.05, 3.63) is 17.5 Å². The first kappa shape index (κ1) is 16.9. The lowest BCUT2D eigenvalue weighted by Crippen LogP contribution is -2.32. The molecular formula is C12H18F3N3OS. The summed E-state index contributed by atoms with van der Waals surface area (Å²) in [7, 11) is 0. The molecule has 0 saturated carbocycles. The number of halogens is 3. The second-order valence-electron chi connectivity index (χ2n) is 4.69. The number of thioether (sulfide) groups is 1. The Labute approximate surface area is 120 Å². The topological polar surface area (TPSA) is 46.9 Å². The van der Waals surface area contributed by atoms with E-state index >= 15 is 0 Å². The van der Waals surface area contributed by atoms with Gasteiger partial charge in [0.15, 0.2) is 0 Å². The van der Waals surface area contributed by atoms with Crippen molar-refractivity contribution in [1.29, 1.82) is 0 Å². The van der Waals surface area contributed by atoms with E-state index in [4.69, 9.17) is 0 Å². The first-order valence-electron chi connectivity index (χ1n) is 6.11. The summed E-state index contributed by atoms with van der Waals surface area (Å²) in [5, 5.41) is 6.55. The maximum absolute atomic E-state index is 12.8. The number of carbonyl (C=O) groups is 1. The van der Waals surface area contributed by atoms with Crippen molar-refractivity contribution in [2.45, 2.75) is 26.6 Å². The number of nitrogens with one attached hydrogen (secondary N) is 1. The lowest BCUT2D eigenvalue weighted by molar-refractivity contribution is -0.144. The summed E-state index contributed by atoms with van der Waals surface area (Å²) in [6.45, 7) is 3.74. The minimum Gasteiger partial charge on any atom is -0.355 e. The van der Waals surface area contributed by atoms with Crippen LogP contribution in [0.4, 0.5) is 13.2 Å². The van der Waals surface area contributed by atoms with Gasteiger partial charge in [0.2, 0.25) is 5.91 Å². The smallest absolute Gasteiger partial charge is 0.355 e. The van der Waals surface area contributed by atoms with Crippen LogP contribution in [0.3, 0.4) is 0 Å². The number of rotatable bonds is 6. The van der Waals surface area contributed by atoms with E-state index in [2.05, 4.69) is 10.4 Å². The van der Waals surface area contributed by atoms with Crippen molar-refractivity contribution in [1.82, 2.24) is 15.1 Å². The van der Waals surface area contributed by atoms with Crippen molar-refractivity contribution in [2.24, 2.45) is 5.92 Å². The van der Waals surface area contributed by atoms with Gasteiger partial charge in [0, 0.05) is 13.1 Å². The molecule has 0 aliphatic rings. The van der Waals surface area contributed by atoms with Crippen LogP contribution >= 0.6 is 11.8 Å². The molecule has 1 heterocycles. The molecule has 1 amide bonds. The molecule has 0 saturated heterocycles. The summed E-state index contributed by atoms with van der Waals surface area (Å²) in [5.74, 6) is 0.0970. The van der Waals surface area contributed by atoms with Crippen LogP contribution < -0.4 is 5.32 Å². The molecule has 0 unspecified atom stereocenters. The van der Waals surface area contributed by atoms with Gasteiger partial charge in [-0.25, -0.2) is 0 Å². The van der Waals surface area contributed by atoms with E-state index in [-0.39, 0.29) is 18.4 Å². The van der Waals surface area contributed by atoms with E-state index in [0.717, 1.165) is 10.7 Å². The Morgan fingerprint density at radius 3 is 2.75 bits per heavy atom. The molecule has 0 spiro atoms. The van der Waals surface area contributed by atoms with Gasteiger partial charge in [0.05, 0.1) is 11.4 Å². The molecule has 20 heavy (non-hydrogen) atoms. The Bertz CT molecular complexity index is 459. The molecule has 0 fully saturated rings. The molecule has 0 aliphatic carbocycles. The third-order valence-corrected chi connectivity index (χ3v) is 3.15. The quantitative estimate of drug-likeness (QED) is 0.877. The lowest BCUT2D eigenvalue weighted by atomic mass is 10.2. The molecule has 114 valence electrons. The van der Waals surface area contributed by atoms with Crippen molar-refractivity contribution in [3.63, 3.8) is 0 Å². The van der Waals surface area contributed by atoms with Gasteiger partial charge >= 0.3 is 6.18 Å². The third-order valence-electron chi connectivity index (χ3n) is 2.60. The summed E-state index contributed by atoms with van der Waals surface area (Å²) in [4.78, 5) is 11.3. The van der Waals surface area contributed by atoms with Gasteiger partial charge in [-0.2, -0.15) is 30.0 Å². The maximum atomic E-state index is 12.8. The van der Waals surface area contributed by atoms with E-state index in [1.165, 1.54) is 18.7 Å². The Hall–Kier alpha value is -1.18. The van der Waals surface area contributed by atoms with Crippen molar-refractivity contribution in [2.75, 3.05) is 18.6 Å². The fourth-order valence-electron chi connectivity index (χ4n) is 1.74. The van der Waals surface area contributed by atoms with Crippen LogP contribution in [-0.4, -0.2) is 34.2 Å². The molecule has 1 N–H and O–H groups in total. The van der Waals surface area contributed by atoms with Crippen LogP contribution in [0.15, 0.2) is 6.07 Å². The van der Waals surface area contributed by atoms with Gasteiger partial charge in [-0.3, -0.25) is 9.48 Å². The molecule has 1 aromatic heterocycles. The highest BCUT2D eigenvalue weighted by molar-refractivity contribution is 7.99. The number of carbonyl (C=O) groups excluding carboxylic acids is 1. The van der Waals surface area contributed by atoms with Gasteiger partial charge in [-0.1, -0.05) is 6.92 Å². The SMILES string of the molecule is CSCC(=O)NC[C@H](C)Cn1nc(C)cc1C(F)(F)F. The number of hydrogen-bond acceptors (Lipinski definition) is 3. The van der Waals surface area contributed by atoms with Crippen LogP contribution in [0.25, 0.3) is 0 Å².